The Bertz CT molecular complexity index is 555. The smallest absolute Gasteiger partial charge is 0.415 e. The number of alkyl halides is 3. The fourth-order valence-corrected chi connectivity index (χ4v) is 1.20. The normalized spacial score (nSPS) is 14.5. The molecule has 1 amide bonds. The number of hydrogen-bond acceptors (Lipinski definition) is 3. The number of benzene rings is 1. The third-order valence-electron chi connectivity index (χ3n) is 2.54. The SMILES string of the molecule is CC(N)(C(=O)Nc1c(F)cccc1C(=O)O)C(F)(F)F. The van der Waals surface area contributed by atoms with E-state index < -0.39 is 40.7 Å². The lowest BCUT2D eigenvalue weighted by Crippen LogP contribution is -2.59. The molecule has 0 saturated carbocycles. The Morgan fingerprint density at radius 3 is 2.30 bits per heavy atom. The van der Waals surface area contributed by atoms with Gasteiger partial charge < -0.3 is 16.2 Å². The predicted octanol–water partition coefficient (Wildman–Crippen LogP) is 1.74. The number of aromatic carboxylic acids is 1. The van der Waals surface area contributed by atoms with Gasteiger partial charge in [-0.25, -0.2) is 9.18 Å². The minimum absolute atomic E-state index is 0.392. The highest BCUT2D eigenvalue weighted by atomic mass is 19.4. The van der Waals surface area contributed by atoms with Crippen molar-refractivity contribution >= 4 is 17.6 Å². The Morgan fingerprint density at radius 2 is 1.85 bits per heavy atom. The quantitative estimate of drug-likeness (QED) is 0.740. The van der Waals surface area contributed by atoms with Gasteiger partial charge in [0.1, 0.15) is 5.82 Å². The molecule has 20 heavy (non-hydrogen) atoms. The molecule has 0 heterocycles. The molecule has 1 unspecified atom stereocenters. The Balaban J connectivity index is 3.18. The van der Waals surface area contributed by atoms with Gasteiger partial charge in [0.25, 0.3) is 5.91 Å². The van der Waals surface area contributed by atoms with Crippen LogP contribution in [0.15, 0.2) is 18.2 Å². The number of para-hydroxylation sites is 1. The molecule has 110 valence electrons. The summed E-state index contributed by atoms with van der Waals surface area (Å²) < 4.78 is 51.1. The number of carbonyl (C=O) groups is 2. The second-order valence-electron chi connectivity index (χ2n) is 4.12. The molecule has 1 atom stereocenters. The number of amides is 1. The van der Waals surface area contributed by atoms with Gasteiger partial charge in [0.05, 0.1) is 11.3 Å². The maximum absolute atomic E-state index is 13.5. The number of rotatable bonds is 3. The van der Waals surface area contributed by atoms with Gasteiger partial charge in [0.15, 0.2) is 5.54 Å². The Morgan fingerprint density at radius 1 is 1.30 bits per heavy atom. The van der Waals surface area contributed by atoms with Crippen LogP contribution in [-0.4, -0.2) is 28.7 Å². The largest absolute Gasteiger partial charge is 0.478 e. The van der Waals surface area contributed by atoms with E-state index in [1.165, 1.54) is 0 Å². The van der Waals surface area contributed by atoms with Gasteiger partial charge in [0.2, 0.25) is 0 Å². The fourth-order valence-electron chi connectivity index (χ4n) is 1.20. The summed E-state index contributed by atoms with van der Waals surface area (Å²) in [6.45, 7) is 0.392. The highest BCUT2D eigenvalue weighted by molar-refractivity contribution is 6.04. The number of nitrogens with one attached hydrogen (secondary N) is 1. The van der Waals surface area contributed by atoms with Gasteiger partial charge in [0, 0.05) is 0 Å². The number of hydrogen-bond donors (Lipinski definition) is 3. The lowest BCUT2D eigenvalue weighted by molar-refractivity contribution is -0.184. The average molecular weight is 294 g/mol. The molecular formula is C11H10F4N2O3. The van der Waals surface area contributed by atoms with Crippen LogP contribution in [0, 0.1) is 5.82 Å². The lowest BCUT2D eigenvalue weighted by atomic mass is 10.0. The number of nitrogens with two attached hydrogens (primary N) is 1. The first-order chi connectivity index (χ1) is 8.98. The van der Waals surface area contributed by atoms with Crippen LogP contribution in [0.5, 0.6) is 0 Å². The average Bonchev–Trinajstić information content (AvgIpc) is 2.29. The highest BCUT2D eigenvalue weighted by Gasteiger charge is 2.54. The van der Waals surface area contributed by atoms with Crippen LogP contribution in [0.25, 0.3) is 0 Å². The maximum Gasteiger partial charge on any atom is 0.415 e. The van der Waals surface area contributed by atoms with Crippen LogP contribution >= 0.6 is 0 Å². The van der Waals surface area contributed by atoms with Gasteiger partial charge in [-0.05, 0) is 19.1 Å². The molecule has 0 bridgehead atoms. The van der Waals surface area contributed by atoms with Crippen LogP contribution in [0.3, 0.4) is 0 Å². The molecule has 0 fully saturated rings. The van der Waals surface area contributed by atoms with E-state index in [9.17, 15) is 27.2 Å². The molecule has 0 aliphatic rings. The molecule has 1 aromatic carbocycles. The second-order valence-corrected chi connectivity index (χ2v) is 4.12. The van der Waals surface area contributed by atoms with Crippen molar-refractivity contribution in [1.82, 2.24) is 0 Å². The first kappa shape index (κ1) is 15.9. The van der Waals surface area contributed by atoms with Crippen LogP contribution in [-0.2, 0) is 4.79 Å². The van der Waals surface area contributed by atoms with Crippen LogP contribution in [0.1, 0.15) is 17.3 Å². The van der Waals surface area contributed by atoms with Gasteiger partial charge in [-0.1, -0.05) is 6.07 Å². The molecule has 9 heteroatoms. The van der Waals surface area contributed by atoms with Crippen molar-refractivity contribution in [1.29, 1.82) is 0 Å². The van der Waals surface area contributed by atoms with Crippen molar-refractivity contribution in [3.8, 4) is 0 Å². The first-order valence-corrected chi connectivity index (χ1v) is 5.17. The zero-order chi connectivity index (χ0) is 15.7. The minimum atomic E-state index is -5.08. The zero-order valence-corrected chi connectivity index (χ0v) is 10.1. The molecule has 0 aliphatic carbocycles. The first-order valence-electron chi connectivity index (χ1n) is 5.17. The van der Waals surface area contributed by atoms with Gasteiger partial charge in [-0.15, -0.1) is 0 Å². The maximum atomic E-state index is 13.5. The molecule has 4 N–H and O–H groups in total. The molecule has 1 rings (SSSR count). The Kier molecular flexibility index (Phi) is 4.04. The summed E-state index contributed by atoms with van der Waals surface area (Å²) in [4.78, 5) is 22.3. The van der Waals surface area contributed by atoms with Gasteiger partial charge >= 0.3 is 12.1 Å². The summed E-state index contributed by atoms with van der Waals surface area (Å²) in [6, 6.07) is 2.77. The molecule has 5 nitrogen and oxygen atoms in total. The van der Waals surface area contributed by atoms with E-state index in [-0.39, 0.29) is 0 Å². The topological polar surface area (TPSA) is 92.4 Å². The molecule has 0 saturated heterocycles. The number of carboxylic acid groups (broad SMARTS) is 1. The Hall–Kier alpha value is -2.16. The number of carbonyl (C=O) groups excluding carboxylic acids is 1. The minimum Gasteiger partial charge on any atom is -0.478 e. The lowest BCUT2D eigenvalue weighted by Gasteiger charge is -2.26. The van der Waals surface area contributed by atoms with Crippen LogP contribution in [0.4, 0.5) is 23.2 Å². The van der Waals surface area contributed by atoms with Crippen LogP contribution < -0.4 is 11.1 Å². The zero-order valence-electron chi connectivity index (χ0n) is 10.1. The third kappa shape index (κ3) is 2.87. The predicted molar refractivity (Wildman–Crippen MR) is 60.6 cm³/mol. The van der Waals surface area contributed by atoms with E-state index in [0.717, 1.165) is 18.2 Å². The molecule has 0 aromatic heterocycles. The summed E-state index contributed by atoms with van der Waals surface area (Å²) in [6.07, 6.45) is -5.08. The standard InChI is InChI=1S/C11H10F4N2O3/c1-10(16,11(13,14)15)9(20)17-7-5(8(18)19)3-2-4-6(7)12/h2-4H,16H2,1H3,(H,17,20)(H,18,19). The van der Waals surface area contributed by atoms with E-state index in [1.807, 2.05) is 0 Å². The monoisotopic (exact) mass is 294 g/mol. The second kappa shape index (κ2) is 5.08. The molecule has 0 spiro atoms. The van der Waals surface area contributed by atoms with E-state index in [1.54, 1.807) is 5.32 Å². The van der Waals surface area contributed by atoms with E-state index in [4.69, 9.17) is 10.8 Å². The molecule has 0 radical (unpaired) electrons. The van der Waals surface area contributed by atoms with Crippen molar-refractivity contribution in [3.05, 3.63) is 29.6 Å². The number of halogens is 4. The van der Waals surface area contributed by atoms with Crippen molar-refractivity contribution in [2.24, 2.45) is 5.73 Å². The summed E-state index contributed by atoms with van der Waals surface area (Å²) in [5, 5.41) is 10.4. The van der Waals surface area contributed by atoms with E-state index >= 15 is 0 Å². The summed E-state index contributed by atoms with van der Waals surface area (Å²) in [5.74, 6) is -4.56. The van der Waals surface area contributed by atoms with E-state index in [2.05, 4.69) is 0 Å². The van der Waals surface area contributed by atoms with Crippen molar-refractivity contribution in [2.45, 2.75) is 18.6 Å². The summed E-state index contributed by atoms with van der Waals surface area (Å²) in [7, 11) is 0. The Labute approximate surface area is 110 Å². The number of anilines is 1. The van der Waals surface area contributed by atoms with Crippen LogP contribution in [0.2, 0.25) is 0 Å². The van der Waals surface area contributed by atoms with Gasteiger partial charge in [-0.2, -0.15) is 13.2 Å². The summed E-state index contributed by atoms with van der Waals surface area (Å²) in [5.41, 5.74) is 0.0144. The molecule has 1 aromatic rings. The van der Waals surface area contributed by atoms with Crippen molar-refractivity contribution in [2.75, 3.05) is 5.32 Å². The molecule has 0 aliphatic heterocycles. The van der Waals surface area contributed by atoms with Gasteiger partial charge in [-0.3, -0.25) is 4.79 Å². The van der Waals surface area contributed by atoms with E-state index in [0.29, 0.717) is 6.92 Å². The van der Waals surface area contributed by atoms with Crippen molar-refractivity contribution in [3.63, 3.8) is 0 Å². The summed E-state index contributed by atoms with van der Waals surface area (Å²) >= 11 is 0. The highest BCUT2D eigenvalue weighted by Crippen LogP contribution is 2.30. The molecular weight excluding hydrogens is 284 g/mol. The van der Waals surface area contributed by atoms with Crippen molar-refractivity contribution < 1.29 is 32.3 Å². The number of carboxylic acids is 1. The fraction of sp³-hybridized carbons (Fsp3) is 0.273. The third-order valence-corrected chi connectivity index (χ3v) is 2.54.